The van der Waals surface area contributed by atoms with Crippen molar-refractivity contribution in [2.45, 2.75) is 290 Å². The fourth-order valence-corrected chi connectivity index (χ4v) is 9.43. The molecule has 0 aromatic heterocycles. The summed E-state index contributed by atoms with van der Waals surface area (Å²) in [5, 5.41) is 9.84. The van der Waals surface area contributed by atoms with Gasteiger partial charge in [0.05, 0.1) is 19.8 Å². The molecule has 0 spiro atoms. The first kappa shape index (κ1) is 76.4. The molecular formula is C68H117O11P. The highest BCUT2D eigenvalue weighted by Crippen LogP contribution is 2.43. The zero-order chi connectivity index (χ0) is 58.3. The monoisotopic (exact) mass is 1140 g/mol. The first-order valence-corrected chi connectivity index (χ1v) is 33.6. The number of allylic oxidation sites excluding steroid dienone is 16. The van der Waals surface area contributed by atoms with E-state index < -0.39 is 57.8 Å². The lowest BCUT2D eigenvalue weighted by atomic mass is 10.0. The molecule has 11 nitrogen and oxygen atoms in total. The number of phosphoric acid groups is 1. The van der Waals surface area contributed by atoms with Crippen LogP contribution in [0.3, 0.4) is 0 Å². The van der Waals surface area contributed by atoms with Gasteiger partial charge in [0.2, 0.25) is 0 Å². The number of carbonyl (C=O) groups is 3. The molecule has 0 amide bonds. The van der Waals surface area contributed by atoms with E-state index in [4.69, 9.17) is 23.3 Å². The molecule has 0 bridgehead atoms. The van der Waals surface area contributed by atoms with E-state index in [1.54, 1.807) is 0 Å². The summed E-state index contributed by atoms with van der Waals surface area (Å²) < 4.78 is 39.6. The molecule has 0 rings (SSSR count). The molecule has 0 aliphatic rings. The Labute approximate surface area is 489 Å². The lowest BCUT2D eigenvalue weighted by molar-refractivity contribution is -0.161. The second kappa shape index (κ2) is 61.5. The van der Waals surface area contributed by atoms with E-state index in [9.17, 15) is 28.9 Å². The van der Waals surface area contributed by atoms with Gasteiger partial charge in [-0.1, -0.05) is 266 Å². The van der Waals surface area contributed by atoms with Crippen molar-refractivity contribution in [2.75, 3.05) is 26.4 Å². The molecule has 0 saturated heterocycles. The summed E-state index contributed by atoms with van der Waals surface area (Å²) in [6.45, 7) is 4.44. The van der Waals surface area contributed by atoms with E-state index >= 15 is 0 Å². The number of aliphatic hydroxyl groups is 1. The molecule has 0 saturated carbocycles. The van der Waals surface area contributed by atoms with Crippen LogP contribution in [0.4, 0.5) is 0 Å². The van der Waals surface area contributed by atoms with Gasteiger partial charge in [-0.25, -0.2) is 4.57 Å². The van der Waals surface area contributed by atoms with Crippen LogP contribution in [0.25, 0.3) is 0 Å². The van der Waals surface area contributed by atoms with Crippen molar-refractivity contribution in [1.29, 1.82) is 0 Å². The second-order valence-corrected chi connectivity index (χ2v) is 22.7. The molecule has 0 radical (unpaired) electrons. The summed E-state index contributed by atoms with van der Waals surface area (Å²) in [5.41, 5.74) is 0. The number of hydrogen-bond acceptors (Lipinski definition) is 10. The second-order valence-electron chi connectivity index (χ2n) is 21.2. The summed E-state index contributed by atoms with van der Waals surface area (Å²) >= 11 is 0. The average molecular weight is 1140 g/mol. The van der Waals surface area contributed by atoms with Crippen molar-refractivity contribution in [3.05, 3.63) is 97.2 Å². The minimum atomic E-state index is -4.78. The maximum Gasteiger partial charge on any atom is 0.472 e. The average Bonchev–Trinajstić information content (AvgIpc) is 3.45. The third kappa shape index (κ3) is 59.0. The molecule has 12 heteroatoms. The van der Waals surface area contributed by atoms with Gasteiger partial charge in [-0.3, -0.25) is 23.4 Å². The van der Waals surface area contributed by atoms with E-state index in [0.29, 0.717) is 25.7 Å². The molecule has 0 aromatic carbocycles. The number of esters is 3. The standard InChI is InChI=1S/C68H117O11P/c1-4-7-10-13-16-19-22-25-28-30-32-34-37-39-42-45-48-51-54-57-66(70)75-61-65(79-68(72)59-56-53-50-47-44-41-38-35-33-31-29-26-23-20-17-14-11-8-5-2)63-77-80(73,74)76-62-64(60-69)78-67(71)58-55-52-49-46-43-40-36-27-24-21-18-15-12-9-6-3/h8,11,17-18,20-21,26-27,29,33,35-36,41,44,50,53,64-65,69H,4-7,9-10,12-16,19,22-25,28,30-32,34,37-40,42-43,45-49,51-52,54-63H2,1-3H3,(H,73,74)/b11-8-,20-17-,21-18-,29-26-,35-33-,36-27-,44-41-,53-50-. The van der Waals surface area contributed by atoms with Crippen molar-refractivity contribution in [3.8, 4) is 0 Å². The summed E-state index contributed by atoms with van der Waals surface area (Å²) in [6.07, 6.45) is 73.8. The van der Waals surface area contributed by atoms with Crippen molar-refractivity contribution >= 4 is 25.7 Å². The lowest BCUT2D eigenvalue weighted by Gasteiger charge is -2.21. The molecule has 3 atom stereocenters. The molecule has 0 aliphatic heterocycles. The number of ether oxygens (including phenoxy) is 3. The smallest absolute Gasteiger partial charge is 0.462 e. The van der Waals surface area contributed by atoms with E-state index in [1.807, 2.05) is 12.2 Å². The molecular weight excluding hydrogens is 1020 g/mol. The summed E-state index contributed by atoms with van der Waals surface area (Å²) in [5.74, 6) is -1.57. The third-order valence-electron chi connectivity index (χ3n) is 13.5. The molecule has 80 heavy (non-hydrogen) atoms. The van der Waals surface area contributed by atoms with Gasteiger partial charge < -0.3 is 24.2 Å². The van der Waals surface area contributed by atoms with Gasteiger partial charge in [-0.2, -0.15) is 0 Å². The highest BCUT2D eigenvalue weighted by Gasteiger charge is 2.28. The highest BCUT2D eigenvalue weighted by atomic mass is 31.2. The molecule has 3 unspecified atom stereocenters. The Bertz CT molecular complexity index is 1710. The van der Waals surface area contributed by atoms with Gasteiger partial charge in [0.1, 0.15) is 12.7 Å². The van der Waals surface area contributed by atoms with E-state index in [-0.39, 0.29) is 25.9 Å². The van der Waals surface area contributed by atoms with E-state index in [1.165, 1.54) is 116 Å². The summed E-state index contributed by atoms with van der Waals surface area (Å²) in [6, 6.07) is 0. The molecule has 2 N–H and O–H groups in total. The largest absolute Gasteiger partial charge is 0.472 e. The van der Waals surface area contributed by atoms with Crippen LogP contribution < -0.4 is 0 Å². The van der Waals surface area contributed by atoms with Gasteiger partial charge in [0.15, 0.2) is 6.10 Å². The van der Waals surface area contributed by atoms with Crippen LogP contribution in [0, 0.1) is 0 Å². The van der Waals surface area contributed by atoms with Crippen LogP contribution >= 0.6 is 7.82 Å². The molecule has 0 aliphatic carbocycles. The quantitative estimate of drug-likeness (QED) is 0.0197. The third-order valence-corrected chi connectivity index (χ3v) is 14.5. The van der Waals surface area contributed by atoms with Crippen LogP contribution in [0.1, 0.15) is 278 Å². The van der Waals surface area contributed by atoms with Crippen molar-refractivity contribution in [1.82, 2.24) is 0 Å². The normalized spacial score (nSPS) is 13.9. The van der Waals surface area contributed by atoms with Gasteiger partial charge in [-0.15, -0.1) is 0 Å². The Kier molecular flexibility index (Phi) is 58.7. The van der Waals surface area contributed by atoms with E-state index in [0.717, 1.165) is 96.3 Å². The summed E-state index contributed by atoms with van der Waals surface area (Å²) in [7, 11) is -4.78. The van der Waals surface area contributed by atoms with Crippen molar-refractivity contribution in [2.24, 2.45) is 0 Å². The minimum Gasteiger partial charge on any atom is -0.462 e. The molecule has 0 heterocycles. The Morgan fingerprint density at radius 2 is 0.675 bits per heavy atom. The van der Waals surface area contributed by atoms with E-state index in [2.05, 4.69) is 106 Å². The highest BCUT2D eigenvalue weighted by molar-refractivity contribution is 7.47. The zero-order valence-electron chi connectivity index (χ0n) is 51.0. The number of phosphoric ester groups is 1. The van der Waals surface area contributed by atoms with Gasteiger partial charge in [0.25, 0.3) is 0 Å². The predicted octanol–water partition coefficient (Wildman–Crippen LogP) is 19.6. The van der Waals surface area contributed by atoms with Crippen LogP contribution in [0.2, 0.25) is 0 Å². The SMILES string of the molecule is CC/C=C\C/C=C\C/C=C\C/C=C\C/C=C\C/C=C\CCC(=O)OC(COC(=O)CCCCCCCCCCCCCCCCCCCCC)COP(=O)(O)OCC(CO)OC(=O)CCCCCCC/C=C\C/C=C\CCCCC. The number of hydrogen-bond donors (Lipinski definition) is 2. The molecule has 0 fully saturated rings. The number of rotatable bonds is 59. The minimum absolute atomic E-state index is 0.0397. The summed E-state index contributed by atoms with van der Waals surface area (Å²) in [4.78, 5) is 48.7. The predicted molar refractivity (Wildman–Crippen MR) is 334 cm³/mol. The number of aliphatic hydroxyl groups excluding tert-OH is 1. The lowest BCUT2D eigenvalue weighted by Crippen LogP contribution is -2.30. The fourth-order valence-electron chi connectivity index (χ4n) is 8.65. The Balaban J connectivity index is 4.81. The van der Waals surface area contributed by atoms with Crippen LogP contribution in [-0.2, 0) is 42.2 Å². The van der Waals surface area contributed by atoms with Crippen LogP contribution in [0.15, 0.2) is 97.2 Å². The van der Waals surface area contributed by atoms with Gasteiger partial charge >= 0.3 is 25.7 Å². The first-order valence-electron chi connectivity index (χ1n) is 32.1. The zero-order valence-corrected chi connectivity index (χ0v) is 51.9. The van der Waals surface area contributed by atoms with Gasteiger partial charge in [-0.05, 0) is 89.9 Å². The van der Waals surface area contributed by atoms with Gasteiger partial charge in [0, 0.05) is 19.3 Å². The molecule has 460 valence electrons. The Morgan fingerprint density at radius 3 is 1.10 bits per heavy atom. The first-order chi connectivity index (χ1) is 39.2. The Hall–Kier alpha value is -3.60. The topological polar surface area (TPSA) is 155 Å². The molecule has 0 aromatic rings. The van der Waals surface area contributed by atoms with Crippen LogP contribution in [-0.4, -0.2) is 66.5 Å². The van der Waals surface area contributed by atoms with Crippen LogP contribution in [0.5, 0.6) is 0 Å². The maximum absolute atomic E-state index is 12.9. The Morgan fingerprint density at radius 1 is 0.362 bits per heavy atom. The van der Waals surface area contributed by atoms with Crippen molar-refractivity contribution < 1.29 is 52.2 Å². The van der Waals surface area contributed by atoms with Crippen molar-refractivity contribution in [3.63, 3.8) is 0 Å². The number of unbranched alkanes of at least 4 members (excludes halogenated alkanes) is 26. The number of carbonyl (C=O) groups excluding carboxylic acids is 3. The fraction of sp³-hybridized carbons (Fsp3) is 0.721. The maximum atomic E-state index is 12.9.